The maximum atomic E-state index is 12.4. The van der Waals surface area contributed by atoms with Crippen LogP contribution in [-0.2, 0) is 16.0 Å². The number of hydrogen-bond donors (Lipinski definition) is 2. The van der Waals surface area contributed by atoms with E-state index in [1.165, 1.54) is 31.4 Å². The Bertz CT molecular complexity index is 941. The van der Waals surface area contributed by atoms with Gasteiger partial charge in [-0.25, -0.2) is 9.78 Å². The average Bonchev–Trinajstić information content (AvgIpc) is 2.67. The molecular weight excluding hydrogens is 334 g/mol. The number of nitrogens with one attached hydrogen (secondary N) is 1. The fraction of sp³-hybridized carbons (Fsp3) is 0.158. The predicted octanol–water partition coefficient (Wildman–Crippen LogP) is 1.85. The van der Waals surface area contributed by atoms with Gasteiger partial charge in [0, 0.05) is 18.2 Å². The van der Waals surface area contributed by atoms with E-state index in [2.05, 4.69) is 15.3 Å². The summed E-state index contributed by atoms with van der Waals surface area (Å²) >= 11 is 0. The third kappa shape index (κ3) is 3.94. The van der Waals surface area contributed by atoms with Crippen molar-refractivity contribution in [1.29, 1.82) is 0 Å². The van der Waals surface area contributed by atoms with E-state index in [9.17, 15) is 14.7 Å². The summed E-state index contributed by atoms with van der Waals surface area (Å²) in [5, 5.41) is 11.9. The van der Waals surface area contributed by atoms with E-state index in [0.29, 0.717) is 16.8 Å². The molecule has 0 bridgehead atoms. The van der Waals surface area contributed by atoms with E-state index in [1.807, 2.05) is 24.3 Å². The number of fused-ring (bicyclic) bond motifs is 1. The number of aromatic nitrogens is 2. The van der Waals surface area contributed by atoms with Gasteiger partial charge in [-0.1, -0.05) is 12.1 Å². The molecule has 0 saturated carbocycles. The maximum absolute atomic E-state index is 12.4. The molecule has 132 valence electrons. The highest BCUT2D eigenvalue weighted by Crippen LogP contribution is 2.12. The van der Waals surface area contributed by atoms with Gasteiger partial charge in [-0.3, -0.25) is 9.78 Å². The number of ether oxygens (including phenoxy) is 1. The number of hydrogen-bond acceptors (Lipinski definition) is 6. The summed E-state index contributed by atoms with van der Waals surface area (Å²) in [6.07, 6.45) is 1.72. The molecule has 3 aromatic rings. The number of nitrogens with zero attached hydrogens (tertiary/aromatic N) is 2. The van der Waals surface area contributed by atoms with Gasteiger partial charge in [-0.05, 0) is 36.4 Å². The number of rotatable bonds is 5. The minimum absolute atomic E-state index is 0.0532. The van der Waals surface area contributed by atoms with Crippen molar-refractivity contribution in [2.24, 2.45) is 0 Å². The summed E-state index contributed by atoms with van der Waals surface area (Å²) < 4.78 is 4.79. The van der Waals surface area contributed by atoms with Crippen LogP contribution in [0.4, 0.5) is 0 Å². The summed E-state index contributed by atoms with van der Waals surface area (Å²) in [5.74, 6) is -0.973. The van der Waals surface area contributed by atoms with Crippen molar-refractivity contribution in [2.75, 3.05) is 7.11 Å². The van der Waals surface area contributed by atoms with Gasteiger partial charge >= 0.3 is 5.97 Å². The molecule has 2 aromatic carbocycles. The number of amides is 1. The van der Waals surface area contributed by atoms with Crippen molar-refractivity contribution >= 4 is 22.9 Å². The quantitative estimate of drug-likeness (QED) is 0.680. The van der Waals surface area contributed by atoms with Crippen LogP contribution >= 0.6 is 0 Å². The summed E-state index contributed by atoms with van der Waals surface area (Å²) in [7, 11) is 1.26. The van der Waals surface area contributed by atoms with Crippen molar-refractivity contribution in [3.8, 4) is 5.75 Å². The van der Waals surface area contributed by atoms with Gasteiger partial charge in [0.15, 0.2) is 0 Å². The SMILES string of the molecule is COC(=O)[C@H](Cc1cnc2ccccc2n1)NC(=O)c1ccc(O)cc1. The highest BCUT2D eigenvalue weighted by atomic mass is 16.5. The van der Waals surface area contributed by atoms with Crippen molar-refractivity contribution < 1.29 is 19.4 Å². The Hall–Kier alpha value is -3.48. The topological polar surface area (TPSA) is 101 Å². The molecule has 2 N–H and O–H groups in total. The molecule has 7 nitrogen and oxygen atoms in total. The largest absolute Gasteiger partial charge is 0.508 e. The number of carbonyl (C=O) groups is 2. The van der Waals surface area contributed by atoms with E-state index in [-0.39, 0.29) is 12.2 Å². The number of benzene rings is 2. The Kier molecular flexibility index (Phi) is 5.07. The first kappa shape index (κ1) is 17.3. The van der Waals surface area contributed by atoms with E-state index < -0.39 is 17.9 Å². The fourth-order valence-corrected chi connectivity index (χ4v) is 2.49. The first-order chi connectivity index (χ1) is 12.6. The van der Waals surface area contributed by atoms with Gasteiger partial charge in [0.2, 0.25) is 0 Å². The maximum Gasteiger partial charge on any atom is 0.328 e. The molecule has 7 heteroatoms. The molecule has 26 heavy (non-hydrogen) atoms. The van der Waals surface area contributed by atoms with Crippen molar-refractivity contribution in [2.45, 2.75) is 12.5 Å². The molecule has 3 rings (SSSR count). The van der Waals surface area contributed by atoms with Gasteiger partial charge in [0.05, 0.1) is 23.8 Å². The van der Waals surface area contributed by atoms with E-state index in [1.54, 1.807) is 6.20 Å². The summed E-state index contributed by atoms with van der Waals surface area (Å²) in [6, 6.07) is 12.2. The molecule has 0 unspecified atom stereocenters. The number of esters is 1. The van der Waals surface area contributed by atoms with Crippen LogP contribution in [0.3, 0.4) is 0 Å². The third-order valence-electron chi connectivity index (χ3n) is 3.83. The first-order valence-corrected chi connectivity index (χ1v) is 7.95. The van der Waals surface area contributed by atoms with E-state index >= 15 is 0 Å². The Morgan fingerprint density at radius 3 is 2.50 bits per heavy atom. The second kappa shape index (κ2) is 7.60. The number of phenols is 1. The Morgan fingerprint density at radius 2 is 1.81 bits per heavy atom. The fourth-order valence-electron chi connectivity index (χ4n) is 2.49. The van der Waals surface area contributed by atoms with Crippen LogP contribution in [0.2, 0.25) is 0 Å². The van der Waals surface area contributed by atoms with Crippen LogP contribution in [0.1, 0.15) is 16.1 Å². The van der Waals surface area contributed by atoms with Crippen LogP contribution in [0.15, 0.2) is 54.7 Å². The second-order valence-corrected chi connectivity index (χ2v) is 5.65. The molecule has 1 heterocycles. The van der Waals surface area contributed by atoms with E-state index in [4.69, 9.17) is 4.74 Å². The minimum Gasteiger partial charge on any atom is -0.508 e. The molecule has 0 aliphatic carbocycles. The Balaban J connectivity index is 1.79. The summed E-state index contributed by atoms with van der Waals surface area (Å²) in [5.41, 5.74) is 2.34. The monoisotopic (exact) mass is 351 g/mol. The van der Waals surface area contributed by atoms with Gasteiger partial charge in [0.1, 0.15) is 11.8 Å². The number of phenolic OH excluding ortho intramolecular Hbond substituents is 1. The zero-order chi connectivity index (χ0) is 18.5. The normalized spacial score (nSPS) is 11.7. The van der Waals surface area contributed by atoms with Crippen molar-refractivity contribution in [3.05, 3.63) is 66.0 Å². The van der Waals surface area contributed by atoms with Gasteiger partial charge in [-0.15, -0.1) is 0 Å². The lowest BCUT2D eigenvalue weighted by Gasteiger charge is -2.16. The molecule has 0 aliphatic rings. The summed E-state index contributed by atoms with van der Waals surface area (Å²) in [4.78, 5) is 33.2. The van der Waals surface area contributed by atoms with Crippen LogP contribution in [0, 0.1) is 0 Å². The lowest BCUT2D eigenvalue weighted by Crippen LogP contribution is -2.43. The van der Waals surface area contributed by atoms with Crippen molar-refractivity contribution in [3.63, 3.8) is 0 Å². The first-order valence-electron chi connectivity index (χ1n) is 7.95. The standard InChI is InChI=1S/C19H17N3O4/c1-26-19(25)17(22-18(24)12-6-8-14(23)9-7-12)10-13-11-20-15-4-2-3-5-16(15)21-13/h2-9,11,17,23H,10H2,1H3,(H,22,24)/t17-/m0/s1. The molecular formula is C19H17N3O4. The molecule has 0 fully saturated rings. The minimum atomic E-state index is -0.906. The molecule has 0 radical (unpaired) electrons. The third-order valence-corrected chi connectivity index (χ3v) is 3.83. The lowest BCUT2D eigenvalue weighted by molar-refractivity contribution is -0.142. The smallest absolute Gasteiger partial charge is 0.328 e. The average molecular weight is 351 g/mol. The van der Waals surface area contributed by atoms with Crippen molar-refractivity contribution in [1.82, 2.24) is 15.3 Å². The molecule has 1 atom stereocenters. The Labute approximate surface area is 149 Å². The molecule has 0 aliphatic heterocycles. The van der Waals surface area contributed by atoms with E-state index in [0.717, 1.165) is 5.52 Å². The highest BCUT2D eigenvalue weighted by Gasteiger charge is 2.23. The van der Waals surface area contributed by atoms with Crippen LogP contribution in [0.25, 0.3) is 11.0 Å². The number of para-hydroxylation sites is 2. The van der Waals surface area contributed by atoms with Crippen LogP contribution in [-0.4, -0.2) is 40.1 Å². The number of carbonyl (C=O) groups excluding carboxylic acids is 2. The molecule has 1 amide bonds. The lowest BCUT2D eigenvalue weighted by atomic mass is 10.1. The van der Waals surface area contributed by atoms with Gasteiger partial charge < -0.3 is 15.2 Å². The number of aromatic hydroxyl groups is 1. The Morgan fingerprint density at radius 1 is 1.12 bits per heavy atom. The van der Waals surface area contributed by atoms with Gasteiger partial charge in [0.25, 0.3) is 5.91 Å². The van der Waals surface area contributed by atoms with Gasteiger partial charge in [-0.2, -0.15) is 0 Å². The molecule has 0 spiro atoms. The van der Waals surface area contributed by atoms with Crippen LogP contribution in [0.5, 0.6) is 5.75 Å². The molecule has 0 saturated heterocycles. The second-order valence-electron chi connectivity index (χ2n) is 5.65. The highest BCUT2D eigenvalue weighted by molar-refractivity contribution is 5.96. The number of methoxy groups -OCH3 is 1. The zero-order valence-electron chi connectivity index (χ0n) is 14.0. The van der Waals surface area contributed by atoms with Crippen LogP contribution < -0.4 is 5.32 Å². The summed E-state index contributed by atoms with van der Waals surface area (Å²) in [6.45, 7) is 0. The molecule has 1 aromatic heterocycles. The zero-order valence-corrected chi connectivity index (χ0v) is 14.0. The predicted molar refractivity (Wildman–Crippen MR) is 94.6 cm³/mol.